The lowest BCUT2D eigenvalue weighted by atomic mass is 10.2. The normalized spacial score (nSPS) is 11.4. The highest BCUT2D eigenvalue weighted by atomic mass is 35.5. The molecule has 2 aromatic carbocycles. The summed E-state index contributed by atoms with van der Waals surface area (Å²) in [6.45, 7) is 3.73. The van der Waals surface area contributed by atoms with Crippen molar-refractivity contribution in [1.29, 1.82) is 0 Å². The Morgan fingerprint density at radius 2 is 1.85 bits per heavy atom. The van der Waals surface area contributed by atoms with E-state index in [9.17, 15) is 13.2 Å². The predicted octanol–water partition coefficient (Wildman–Crippen LogP) is 3.06. The summed E-state index contributed by atoms with van der Waals surface area (Å²) in [4.78, 5) is 13.8. The Kier molecular flexibility index (Phi) is 7.24. The van der Waals surface area contributed by atoms with Crippen LogP contribution in [0.25, 0.3) is 0 Å². The van der Waals surface area contributed by atoms with Gasteiger partial charge in [-0.15, -0.1) is 0 Å². The molecule has 2 rings (SSSR count). The quantitative estimate of drug-likeness (QED) is 0.725. The second-order valence-corrected chi connectivity index (χ2v) is 8.51. The number of hydrogen-bond acceptors (Lipinski definition) is 4. The fraction of sp³-hybridized carbons (Fsp3) is 0.316. The first-order valence-electron chi connectivity index (χ1n) is 8.41. The lowest BCUT2D eigenvalue weighted by Gasteiger charge is -2.18. The zero-order valence-electron chi connectivity index (χ0n) is 15.5. The maximum Gasteiger partial charge on any atom is 0.260 e. The molecule has 0 saturated heterocycles. The van der Waals surface area contributed by atoms with Crippen LogP contribution in [0.2, 0.25) is 5.02 Å². The van der Waals surface area contributed by atoms with Crippen molar-refractivity contribution in [1.82, 2.24) is 9.62 Å². The minimum Gasteiger partial charge on any atom is -0.482 e. The molecule has 27 heavy (non-hydrogen) atoms. The van der Waals surface area contributed by atoms with E-state index in [0.717, 1.165) is 5.56 Å². The molecule has 1 N–H and O–H groups in total. The Balaban J connectivity index is 1.98. The third-order valence-electron chi connectivity index (χ3n) is 3.64. The molecular weight excluding hydrogens is 388 g/mol. The average Bonchev–Trinajstić information content (AvgIpc) is 2.60. The van der Waals surface area contributed by atoms with Crippen molar-refractivity contribution >= 4 is 27.5 Å². The maximum atomic E-state index is 12.2. The van der Waals surface area contributed by atoms with Crippen LogP contribution in [0.1, 0.15) is 19.4 Å². The number of amides is 1. The molecule has 0 radical (unpaired) electrons. The van der Waals surface area contributed by atoms with Gasteiger partial charge in [0.1, 0.15) is 5.75 Å². The lowest BCUT2D eigenvalue weighted by Crippen LogP contribution is -2.31. The molecule has 0 bridgehead atoms. The van der Waals surface area contributed by atoms with Gasteiger partial charge in [-0.05, 0) is 37.6 Å². The van der Waals surface area contributed by atoms with Crippen molar-refractivity contribution in [2.24, 2.45) is 0 Å². The summed E-state index contributed by atoms with van der Waals surface area (Å²) in [5.74, 6) is 0.0368. The van der Waals surface area contributed by atoms with E-state index in [1.54, 1.807) is 25.8 Å². The van der Waals surface area contributed by atoms with Crippen LogP contribution >= 0.6 is 11.6 Å². The van der Waals surface area contributed by atoms with Crippen LogP contribution in [0.15, 0.2) is 53.4 Å². The highest BCUT2D eigenvalue weighted by Gasteiger charge is 2.18. The third-order valence-corrected chi connectivity index (χ3v) is 5.60. The fourth-order valence-electron chi connectivity index (χ4n) is 2.34. The van der Waals surface area contributed by atoms with Crippen LogP contribution in [0.5, 0.6) is 5.75 Å². The number of hydrogen-bond donors (Lipinski definition) is 1. The Morgan fingerprint density at radius 1 is 1.19 bits per heavy atom. The summed E-state index contributed by atoms with van der Waals surface area (Å²) < 4.78 is 32.3. The van der Waals surface area contributed by atoms with Crippen LogP contribution in [0.4, 0.5) is 0 Å². The molecule has 0 aliphatic heterocycles. The van der Waals surface area contributed by atoms with E-state index in [1.165, 1.54) is 18.2 Å². The molecule has 0 aliphatic carbocycles. The maximum absolute atomic E-state index is 12.2. The summed E-state index contributed by atoms with van der Waals surface area (Å²) >= 11 is 6.12. The van der Waals surface area contributed by atoms with E-state index in [1.807, 2.05) is 30.3 Å². The standard InChI is InChI=1S/C19H23ClN2O4S/c1-14(2)21-27(24,25)16-9-10-18(17(20)11-16)26-13-19(23)22(3)12-15-7-5-4-6-8-15/h4-11,14,21H,12-13H2,1-3H3. The molecule has 0 atom stereocenters. The molecule has 8 heteroatoms. The monoisotopic (exact) mass is 410 g/mol. The van der Waals surface area contributed by atoms with E-state index < -0.39 is 10.0 Å². The summed E-state index contributed by atoms with van der Waals surface area (Å²) in [6, 6.07) is 13.5. The number of likely N-dealkylation sites (N-methyl/N-ethyl adjacent to an activating group) is 1. The largest absolute Gasteiger partial charge is 0.482 e. The van der Waals surface area contributed by atoms with Gasteiger partial charge in [-0.25, -0.2) is 13.1 Å². The number of benzene rings is 2. The summed E-state index contributed by atoms with van der Waals surface area (Å²) in [7, 11) is -1.96. The Labute approximate surface area is 165 Å². The van der Waals surface area contributed by atoms with Gasteiger partial charge in [-0.2, -0.15) is 0 Å². The molecule has 1 amide bonds. The first-order chi connectivity index (χ1) is 12.7. The molecule has 0 aliphatic rings. The number of carbonyl (C=O) groups is 1. The first-order valence-corrected chi connectivity index (χ1v) is 10.3. The highest BCUT2D eigenvalue weighted by Crippen LogP contribution is 2.27. The van der Waals surface area contributed by atoms with Crippen molar-refractivity contribution < 1.29 is 17.9 Å². The van der Waals surface area contributed by atoms with Gasteiger partial charge in [0.25, 0.3) is 5.91 Å². The van der Waals surface area contributed by atoms with Crippen LogP contribution in [-0.2, 0) is 21.4 Å². The average molecular weight is 411 g/mol. The van der Waals surface area contributed by atoms with E-state index in [-0.39, 0.29) is 34.2 Å². The number of halogens is 1. The van der Waals surface area contributed by atoms with Gasteiger partial charge in [0.15, 0.2) is 6.61 Å². The van der Waals surface area contributed by atoms with Crippen LogP contribution < -0.4 is 9.46 Å². The molecule has 0 fully saturated rings. The van der Waals surface area contributed by atoms with Gasteiger partial charge in [0.05, 0.1) is 9.92 Å². The van der Waals surface area contributed by atoms with Crippen molar-refractivity contribution in [2.75, 3.05) is 13.7 Å². The molecule has 0 saturated carbocycles. The van der Waals surface area contributed by atoms with Crippen LogP contribution in [0.3, 0.4) is 0 Å². The number of carbonyl (C=O) groups excluding carboxylic acids is 1. The van der Waals surface area contributed by atoms with Crippen molar-refractivity contribution in [3.05, 3.63) is 59.1 Å². The fourth-order valence-corrected chi connectivity index (χ4v) is 3.92. The molecular formula is C19H23ClN2O4S. The van der Waals surface area contributed by atoms with E-state index in [0.29, 0.717) is 6.54 Å². The number of rotatable bonds is 8. The number of ether oxygens (including phenoxy) is 1. The molecule has 2 aromatic rings. The third kappa shape index (κ3) is 6.23. The first kappa shape index (κ1) is 21.2. The van der Waals surface area contributed by atoms with Gasteiger partial charge in [0, 0.05) is 19.6 Å². The Bertz CT molecular complexity index is 886. The zero-order valence-corrected chi connectivity index (χ0v) is 17.0. The van der Waals surface area contributed by atoms with Crippen molar-refractivity contribution in [3.8, 4) is 5.75 Å². The number of nitrogens with one attached hydrogen (secondary N) is 1. The molecule has 0 spiro atoms. The Hall–Kier alpha value is -2.09. The number of sulfonamides is 1. The second-order valence-electron chi connectivity index (χ2n) is 6.39. The summed E-state index contributed by atoms with van der Waals surface area (Å²) in [5, 5.41) is 0.125. The van der Waals surface area contributed by atoms with Gasteiger partial charge in [0.2, 0.25) is 10.0 Å². The van der Waals surface area contributed by atoms with Crippen LogP contribution in [0, 0.1) is 0 Å². The molecule has 0 unspecified atom stereocenters. The minimum atomic E-state index is -3.64. The smallest absolute Gasteiger partial charge is 0.260 e. The molecule has 6 nitrogen and oxygen atoms in total. The highest BCUT2D eigenvalue weighted by molar-refractivity contribution is 7.89. The van der Waals surface area contributed by atoms with E-state index in [2.05, 4.69) is 4.72 Å². The van der Waals surface area contributed by atoms with E-state index >= 15 is 0 Å². The van der Waals surface area contributed by atoms with Gasteiger partial charge < -0.3 is 9.64 Å². The van der Waals surface area contributed by atoms with Crippen LogP contribution in [-0.4, -0.2) is 38.9 Å². The van der Waals surface area contributed by atoms with Gasteiger partial charge >= 0.3 is 0 Å². The van der Waals surface area contributed by atoms with Gasteiger partial charge in [-0.1, -0.05) is 41.9 Å². The van der Waals surface area contributed by atoms with Gasteiger partial charge in [-0.3, -0.25) is 4.79 Å². The number of nitrogens with zero attached hydrogens (tertiary/aromatic N) is 1. The second kappa shape index (κ2) is 9.21. The van der Waals surface area contributed by atoms with E-state index in [4.69, 9.17) is 16.3 Å². The van der Waals surface area contributed by atoms with Crippen molar-refractivity contribution in [3.63, 3.8) is 0 Å². The minimum absolute atomic E-state index is 0.0427. The SMILES string of the molecule is CC(C)NS(=O)(=O)c1ccc(OCC(=O)N(C)Cc2ccccc2)c(Cl)c1. The summed E-state index contributed by atoms with van der Waals surface area (Å²) in [5.41, 5.74) is 1.01. The lowest BCUT2D eigenvalue weighted by molar-refractivity contribution is -0.132. The Morgan fingerprint density at radius 3 is 2.44 bits per heavy atom. The molecule has 0 heterocycles. The topological polar surface area (TPSA) is 75.7 Å². The molecule has 146 valence electrons. The van der Waals surface area contributed by atoms with Crippen molar-refractivity contribution in [2.45, 2.75) is 31.3 Å². The summed E-state index contributed by atoms with van der Waals surface area (Å²) in [6.07, 6.45) is 0. The zero-order chi connectivity index (χ0) is 20.0. The predicted molar refractivity (Wildman–Crippen MR) is 105 cm³/mol. The molecule has 0 aromatic heterocycles.